The Labute approximate surface area is 96.4 Å². The molecule has 2 unspecified atom stereocenters. The molecule has 0 radical (unpaired) electrons. The van der Waals surface area contributed by atoms with E-state index >= 15 is 0 Å². The van der Waals surface area contributed by atoms with E-state index in [4.69, 9.17) is 0 Å². The van der Waals surface area contributed by atoms with Crippen LogP contribution in [0.15, 0.2) is 0 Å². The molecule has 1 aliphatic heterocycles. The average molecular weight is 224 g/mol. The zero-order valence-electron chi connectivity index (χ0n) is 9.87. The van der Waals surface area contributed by atoms with Gasteiger partial charge in [0.15, 0.2) is 0 Å². The normalized spacial score (nSPS) is 30.7. The molecule has 2 atom stereocenters. The minimum Gasteiger partial charge on any atom is -0.329 e. The molecule has 4 nitrogen and oxygen atoms in total. The van der Waals surface area contributed by atoms with Crippen LogP contribution in [-0.2, 0) is 4.79 Å². The fourth-order valence-electron chi connectivity index (χ4n) is 2.82. The van der Waals surface area contributed by atoms with Crippen LogP contribution in [0.1, 0.15) is 39.0 Å². The van der Waals surface area contributed by atoms with Gasteiger partial charge in [0.1, 0.15) is 0 Å². The molecule has 0 aromatic heterocycles. The van der Waals surface area contributed by atoms with E-state index in [-0.39, 0.29) is 18.5 Å². The van der Waals surface area contributed by atoms with Crippen molar-refractivity contribution in [3.8, 4) is 0 Å². The summed E-state index contributed by atoms with van der Waals surface area (Å²) in [6, 6.07) is -0.214. The fourth-order valence-corrected chi connectivity index (χ4v) is 2.82. The molecule has 0 aromatic carbocycles. The van der Waals surface area contributed by atoms with Gasteiger partial charge in [0.25, 0.3) is 0 Å². The highest BCUT2D eigenvalue weighted by molar-refractivity contribution is 6.01. The van der Waals surface area contributed by atoms with Crippen LogP contribution in [0.4, 0.5) is 4.79 Å². The molecule has 0 spiro atoms. The highest BCUT2D eigenvalue weighted by Crippen LogP contribution is 2.30. The van der Waals surface area contributed by atoms with Crippen molar-refractivity contribution in [3.05, 3.63) is 0 Å². The molecule has 0 aromatic rings. The number of rotatable bonds is 3. The number of urea groups is 1. The smallest absolute Gasteiger partial charge is 0.324 e. The van der Waals surface area contributed by atoms with Crippen molar-refractivity contribution >= 4 is 11.9 Å². The summed E-state index contributed by atoms with van der Waals surface area (Å²) in [4.78, 5) is 24.0. The zero-order chi connectivity index (χ0) is 11.5. The van der Waals surface area contributed by atoms with Gasteiger partial charge in [-0.1, -0.05) is 26.2 Å². The van der Waals surface area contributed by atoms with E-state index in [9.17, 15) is 9.59 Å². The van der Waals surface area contributed by atoms with Crippen molar-refractivity contribution in [2.24, 2.45) is 11.8 Å². The van der Waals surface area contributed by atoms with E-state index < -0.39 is 0 Å². The molecule has 1 aliphatic carbocycles. The molecule has 1 N–H and O–H groups in total. The van der Waals surface area contributed by atoms with Crippen molar-refractivity contribution in [3.63, 3.8) is 0 Å². The van der Waals surface area contributed by atoms with Crippen LogP contribution in [0.2, 0.25) is 0 Å². The minimum absolute atomic E-state index is 0.0751. The van der Waals surface area contributed by atoms with Gasteiger partial charge in [-0.15, -0.1) is 0 Å². The number of hydrogen-bond acceptors (Lipinski definition) is 2. The lowest BCUT2D eigenvalue weighted by Crippen LogP contribution is -2.33. The van der Waals surface area contributed by atoms with Crippen LogP contribution in [0.5, 0.6) is 0 Å². The van der Waals surface area contributed by atoms with Crippen LogP contribution >= 0.6 is 0 Å². The molecule has 2 aliphatic rings. The van der Waals surface area contributed by atoms with Gasteiger partial charge in [-0.2, -0.15) is 0 Å². The predicted molar refractivity (Wildman–Crippen MR) is 60.9 cm³/mol. The van der Waals surface area contributed by atoms with Crippen molar-refractivity contribution in [2.75, 3.05) is 13.1 Å². The van der Waals surface area contributed by atoms with Gasteiger partial charge in [0.2, 0.25) is 5.91 Å². The van der Waals surface area contributed by atoms with E-state index in [2.05, 4.69) is 12.2 Å². The fraction of sp³-hybridized carbons (Fsp3) is 0.833. The molecule has 1 saturated carbocycles. The standard InChI is InChI=1S/C12H20N2O2/c1-9-3-2-4-10(7-9)5-6-14-11(15)8-13-12(14)16/h9-10H,2-8H2,1H3,(H,13,16). The van der Waals surface area contributed by atoms with Gasteiger partial charge in [-0.3, -0.25) is 9.69 Å². The molecule has 0 bridgehead atoms. The van der Waals surface area contributed by atoms with Gasteiger partial charge < -0.3 is 5.32 Å². The average Bonchev–Trinajstić information content (AvgIpc) is 2.56. The topological polar surface area (TPSA) is 49.4 Å². The summed E-state index contributed by atoms with van der Waals surface area (Å²) in [7, 11) is 0. The van der Waals surface area contributed by atoms with Crippen molar-refractivity contribution < 1.29 is 9.59 Å². The summed E-state index contributed by atoms with van der Waals surface area (Å²) in [5, 5.41) is 2.55. The second-order valence-corrected chi connectivity index (χ2v) is 5.13. The summed E-state index contributed by atoms with van der Waals surface area (Å²) >= 11 is 0. The summed E-state index contributed by atoms with van der Waals surface area (Å²) in [5.41, 5.74) is 0. The molecule has 1 heterocycles. The maximum Gasteiger partial charge on any atom is 0.324 e. The molecule has 90 valence electrons. The summed E-state index contributed by atoms with van der Waals surface area (Å²) in [5.74, 6) is 1.43. The van der Waals surface area contributed by atoms with E-state index in [1.165, 1.54) is 30.6 Å². The van der Waals surface area contributed by atoms with Crippen LogP contribution in [-0.4, -0.2) is 29.9 Å². The Morgan fingerprint density at radius 2 is 2.19 bits per heavy atom. The second-order valence-electron chi connectivity index (χ2n) is 5.13. The van der Waals surface area contributed by atoms with Crippen LogP contribution in [0, 0.1) is 11.8 Å². The maximum absolute atomic E-state index is 11.4. The largest absolute Gasteiger partial charge is 0.329 e. The first-order valence-electron chi connectivity index (χ1n) is 6.25. The Bertz CT molecular complexity index is 275. The number of hydrogen-bond donors (Lipinski definition) is 1. The van der Waals surface area contributed by atoms with Gasteiger partial charge in [0, 0.05) is 6.54 Å². The number of nitrogens with one attached hydrogen (secondary N) is 1. The lowest BCUT2D eigenvalue weighted by Gasteiger charge is -2.27. The van der Waals surface area contributed by atoms with Gasteiger partial charge >= 0.3 is 6.03 Å². The highest BCUT2D eigenvalue weighted by atomic mass is 16.2. The Kier molecular flexibility index (Phi) is 3.46. The number of nitrogens with zero attached hydrogens (tertiary/aromatic N) is 1. The van der Waals surface area contributed by atoms with E-state index in [0.717, 1.165) is 12.3 Å². The molecule has 2 fully saturated rings. The predicted octanol–water partition coefficient (Wildman–Crippen LogP) is 1.75. The minimum atomic E-state index is -0.214. The summed E-state index contributed by atoms with van der Waals surface area (Å²) < 4.78 is 0. The molecule has 16 heavy (non-hydrogen) atoms. The van der Waals surface area contributed by atoms with Crippen LogP contribution in [0.3, 0.4) is 0 Å². The third-order valence-corrected chi connectivity index (χ3v) is 3.74. The quantitative estimate of drug-likeness (QED) is 0.742. The number of amides is 3. The van der Waals surface area contributed by atoms with Gasteiger partial charge in [-0.05, 0) is 24.7 Å². The second kappa shape index (κ2) is 4.85. The third kappa shape index (κ3) is 2.54. The molecule has 1 saturated heterocycles. The third-order valence-electron chi connectivity index (χ3n) is 3.74. The first-order chi connectivity index (χ1) is 7.66. The van der Waals surface area contributed by atoms with Crippen LogP contribution < -0.4 is 5.32 Å². The SMILES string of the molecule is CC1CCCC(CCN2C(=O)CNC2=O)C1. The van der Waals surface area contributed by atoms with E-state index in [0.29, 0.717) is 12.5 Å². The molecule has 3 amide bonds. The highest BCUT2D eigenvalue weighted by Gasteiger charge is 2.29. The first kappa shape index (κ1) is 11.4. The molecule has 4 heteroatoms. The van der Waals surface area contributed by atoms with Crippen molar-refractivity contribution in [2.45, 2.75) is 39.0 Å². The lowest BCUT2D eigenvalue weighted by molar-refractivity contribution is -0.125. The van der Waals surface area contributed by atoms with Gasteiger partial charge in [0.05, 0.1) is 6.54 Å². The Morgan fingerprint density at radius 1 is 1.38 bits per heavy atom. The Hall–Kier alpha value is -1.06. The number of imide groups is 1. The molecular weight excluding hydrogens is 204 g/mol. The van der Waals surface area contributed by atoms with Crippen molar-refractivity contribution in [1.29, 1.82) is 0 Å². The summed E-state index contributed by atoms with van der Waals surface area (Å²) in [6.45, 7) is 3.07. The maximum atomic E-state index is 11.4. The Balaban J connectivity index is 1.78. The monoisotopic (exact) mass is 224 g/mol. The first-order valence-corrected chi connectivity index (χ1v) is 6.25. The lowest BCUT2D eigenvalue weighted by atomic mass is 9.81. The van der Waals surface area contributed by atoms with E-state index in [1.54, 1.807) is 0 Å². The van der Waals surface area contributed by atoms with Gasteiger partial charge in [-0.25, -0.2) is 4.79 Å². The van der Waals surface area contributed by atoms with Crippen LogP contribution in [0.25, 0.3) is 0 Å². The number of carbonyl (C=O) groups is 2. The zero-order valence-corrected chi connectivity index (χ0v) is 9.87. The van der Waals surface area contributed by atoms with E-state index in [1.807, 2.05) is 0 Å². The van der Waals surface area contributed by atoms with Crippen molar-refractivity contribution in [1.82, 2.24) is 10.2 Å². The summed E-state index contributed by atoms with van der Waals surface area (Å²) in [6.07, 6.45) is 6.12. The molecular formula is C12H20N2O2. The molecule has 2 rings (SSSR count). The Morgan fingerprint density at radius 3 is 2.81 bits per heavy atom. The number of carbonyl (C=O) groups excluding carboxylic acids is 2.